The minimum absolute atomic E-state index is 0.0958. The van der Waals surface area contributed by atoms with Gasteiger partial charge in [0.15, 0.2) is 5.96 Å². The van der Waals surface area contributed by atoms with E-state index in [1.807, 2.05) is 39.0 Å². The average molecular weight is 451 g/mol. The number of carbonyl (C=O) groups excluding carboxylic acids is 2. The Labute approximate surface area is 193 Å². The Hall–Kier alpha value is -3.55. The van der Waals surface area contributed by atoms with Crippen molar-refractivity contribution in [3.63, 3.8) is 0 Å². The van der Waals surface area contributed by atoms with Crippen LogP contribution in [0, 0.1) is 6.92 Å². The van der Waals surface area contributed by atoms with E-state index in [1.165, 1.54) is 4.90 Å². The molecule has 3 N–H and O–H groups in total. The molecule has 174 valence electrons. The van der Waals surface area contributed by atoms with Crippen LogP contribution in [0.2, 0.25) is 0 Å². The van der Waals surface area contributed by atoms with Crippen LogP contribution in [-0.2, 0) is 11.3 Å². The molecule has 0 bridgehead atoms. The number of hydrogen-bond acceptors (Lipinski definition) is 6. The lowest BCUT2D eigenvalue weighted by Gasteiger charge is -2.28. The van der Waals surface area contributed by atoms with Crippen LogP contribution >= 0.6 is 0 Å². The smallest absolute Gasteiger partial charge is 0.251 e. The zero-order chi connectivity index (χ0) is 23.5. The number of nitrogens with two attached hydrogens (primary N) is 1. The molecule has 8 nitrogen and oxygen atoms in total. The summed E-state index contributed by atoms with van der Waals surface area (Å²) in [5.41, 5.74) is 9.32. The van der Waals surface area contributed by atoms with Crippen LogP contribution in [0.25, 0.3) is 0 Å². The minimum Gasteiger partial charge on any atom is -0.494 e. The zero-order valence-electron chi connectivity index (χ0n) is 19.3. The predicted molar refractivity (Wildman–Crippen MR) is 125 cm³/mol. The number of carbonyl (C=O) groups is 2. The third-order valence-corrected chi connectivity index (χ3v) is 5.86. The standard InChI is InChI=1S/C25H30N4O4/c1-4-32-21-8-6-17(13-18(21)14-29-23(30)12-16(3)27-25(29)26)24(31)28-20-9-10-33-22-7-5-15(2)11-19(20)22/h5-8,11,13,16,20H,4,9-10,12,14H2,1-3H3,(H2,26,27)(H,28,31). The number of amides is 2. The highest BCUT2D eigenvalue weighted by molar-refractivity contribution is 5.98. The van der Waals surface area contributed by atoms with E-state index < -0.39 is 0 Å². The molecule has 2 aromatic carbocycles. The molecule has 2 aliphatic heterocycles. The van der Waals surface area contributed by atoms with Crippen LogP contribution < -0.4 is 20.5 Å². The van der Waals surface area contributed by atoms with Gasteiger partial charge in [-0.05, 0) is 45.0 Å². The van der Waals surface area contributed by atoms with E-state index in [0.717, 1.165) is 16.9 Å². The first kappa shape index (κ1) is 22.6. The molecule has 2 aliphatic rings. The van der Waals surface area contributed by atoms with Crippen molar-refractivity contribution in [1.82, 2.24) is 10.2 Å². The summed E-state index contributed by atoms with van der Waals surface area (Å²) >= 11 is 0. The summed E-state index contributed by atoms with van der Waals surface area (Å²) < 4.78 is 11.5. The summed E-state index contributed by atoms with van der Waals surface area (Å²) in [6.45, 7) is 6.96. The fourth-order valence-corrected chi connectivity index (χ4v) is 4.22. The van der Waals surface area contributed by atoms with Crippen LogP contribution in [0.1, 0.15) is 59.8 Å². The van der Waals surface area contributed by atoms with Crippen molar-refractivity contribution in [3.05, 3.63) is 58.7 Å². The molecular formula is C25H30N4O4. The molecule has 2 amide bonds. The molecule has 2 unspecified atom stereocenters. The highest BCUT2D eigenvalue weighted by atomic mass is 16.5. The molecule has 0 saturated heterocycles. The van der Waals surface area contributed by atoms with Gasteiger partial charge in [-0.3, -0.25) is 14.5 Å². The Morgan fingerprint density at radius 2 is 2.12 bits per heavy atom. The number of nitrogens with one attached hydrogen (secondary N) is 1. The SMILES string of the molecule is CCOc1ccc(C(=O)NC2CCOc3ccc(C)cc32)cc1CN1C(=O)CC(C)N=C1N. The summed E-state index contributed by atoms with van der Waals surface area (Å²) in [4.78, 5) is 31.5. The van der Waals surface area contributed by atoms with E-state index in [1.54, 1.807) is 18.2 Å². The number of guanidine groups is 1. The van der Waals surface area contributed by atoms with E-state index >= 15 is 0 Å². The topological polar surface area (TPSA) is 106 Å². The molecule has 2 aromatic rings. The molecule has 0 spiro atoms. The summed E-state index contributed by atoms with van der Waals surface area (Å²) in [7, 11) is 0. The Morgan fingerprint density at radius 3 is 2.88 bits per heavy atom. The van der Waals surface area contributed by atoms with E-state index in [9.17, 15) is 9.59 Å². The van der Waals surface area contributed by atoms with E-state index in [4.69, 9.17) is 15.2 Å². The molecule has 0 aromatic heterocycles. The second-order valence-corrected chi connectivity index (χ2v) is 8.48. The second kappa shape index (κ2) is 9.52. The Kier molecular flexibility index (Phi) is 6.53. The van der Waals surface area contributed by atoms with E-state index in [0.29, 0.717) is 42.9 Å². The first-order valence-corrected chi connectivity index (χ1v) is 11.3. The van der Waals surface area contributed by atoms with Gasteiger partial charge in [0.1, 0.15) is 11.5 Å². The Balaban J connectivity index is 1.58. The predicted octanol–water partition coefficient (Wildman–Crippen LogP) is 3.08. The van der Waals surface area contributed by atoms with Gasteiger partial charge >= 0.3 is 0 Å². The molecule has 2 atom stereocenters. The summed E-state index contributed by atoms with van der Waals surface area (Å²) in [6.07, 6.45) is 0.993. The van der Waals surface area contributed by atoms with Gasteiger partial charge in [-0.1, -0.05) is 17.7 Å². The molecule has 0 aliphatic carbocycles. The van der Waals surface area contributed by atoms with Crippen molar-refractivity contribution in [1.29, 1.82) is 0 Å². The quantitative estimate of drug-likeness (QED) is 0.704. The zero-order valence-corrected chi connectivity index (χ0v) is 19.3. The van der Waals surface area contributed by atoms with Gasteiger partial charge in [0.25, 0.3) is 5.91 Å². The molecule has 8 heteroatoms. The monoisotopic (exact) mass is 450 g/mol. The number of nitrogens with zero attached hydrogens (tertiary/aromatic N) is 2. The van der Waals surface area contributed by atoms with Crippen molar-refractivity contribution in [2.75, 3.05) is 13.2 Å². The number of aryl methyl sites for hydroxylation is 1. The molecular weight excluding hydrogens is 420 g/mol. The maximum atomic E-state index is 13.2. The first-order valence-electron chi connectivity index (χ1n) is 11.3. The number of aliphatic imine (C=N–C) groups is 1. The van der Waals surface area contributed by atoms with Gasteiger partial charge in [-0.2, -0.15) is 0 Å². The van der Waals surface area contributed by atoms with Gasteiger partial charge in [0, 0.05) is 29.5 Å². The van der Waals surface area contributed by atoms with Crippen LogP contribution in [0.15, 0.2) is 41.4 Å². The van der Waals surface area contributed by atoms with Crippen LogP contribution in [0.4, 0.5) is 0 Å². The fourth-order valence-electron chi connectivity index (χ4n) is 4.22. The molecule has 2 heterocycles. The van der Waals surface area contributed by atoms with Crippen molar-refractivity contribution >= 4 is 17.8 Å². The van der Waals surface area contributed by atoms with Crippen molar-refractivity contribution in [2.24, 2.45) is 10.7 Å². The van der Waals surface area contributed by atoms with Crippen LogP contribution in [0.5, 0.6) is 11.5 Å². The van der Waals surface area contributed by atoms with Crippen LogP contribution in [0.3, 0.4) is 0 Å². The first-order chi connectivity index (χ1) is 15.9. The maximum Gasteiger partial charge on any atom is 0.251 e. The third kappa shape index (κ3) is 4.94. The van der Waals surface area contributed by atoms with Gasteiger partial charge in [0.05, 0.1) is 31.8 Å². The Bertz CT molecular complexity index is 1100. The van der Waals surface area contributed by atoms with Gasteiger partial charge < -0.3 is 20.5 Å². The highest BCUT2D eigenvalue weighted by Crippen LogP contribution is 2.33. The number of rotatable bonds is 6. The molecule has 33 heavy (non-hydrogen) atoms. The fraction of sp³-hybridized carbons (Fsp3) is 0.400. The summed E-state index contributed by atoms with van der Waals surface area (Å²) in [5.74, 6) is 1.31. The molecule has 0 saturated carbocycles. The van der Waals surface area contributed by atoms with Crippen LogP contribution in [-0.4, -0.2) is 41.9 Å². The lowest BCUT2D eigenvalue weighted by atomic mass is 9.98. The van der Waals surface area contributed by atoms with Gasteiger partial charge in [-0.25, -0.2) is 4.99 Å². The maximum absolute atomic E-state index is 13.2. The van der Waals surface area contributed by atoms with Gasteiger partial charge in [0.2, 0.25) is 5.91 Å². The Morgan fingerprint density at radius 1 is 1.30 bits per heavy atom. The molecule has 0 fully saturated rings. The number of benzene rings is 2. The van der Waals surface area contributed by atoms with Crippen molar-refractivity contribution in [2.45, 2.75) is 52.2 Å². The number of hydrogen-bond donors (Lipinski definition) is 2. The largest absolute Gasteiger partial charge is 0.494 e. The summed E-state index contributed by atoms with van der Waals surface area (Å²) in [5, 5.41) is 3.14. The second-order valence-electron chi connectivity index (χ2n) is 8.48. The van der Waals surface area contributed by atoms with Gasteiger partial charge in [-0.15, -0.1) is 0 Å². The van der Waals surface area contributed by atoms with Crippen molar-refractivity contribution in [3.8, 4) is 11.5 Å². The molecule has 0 radical (unpaired) electrons. The van der Waals surface area contributed by atoms with E-state index in [2.05, 4.69) is 10.3 Å². The van der Waals surface area contributed by atoms with E-state index in [-0.39, 0.29) is 36.4 Å². The lowest BCUT2D eigenvalue weighted by Crippen LogP contribution is -2.46. The minimum atomic E-state index is -0.195. The van der Waals surface area contributed by atoms with Crippen molar-refractivity contribution < 1.29 is 19.1 Å². The third-order valence-electron chi connectivity index (χ3n) is 5.86. The summed E-state index contributed by atoms with van der Waals surface area (Å²) in [6, 6.07) is 11.0. The lowest BCUT2D eigenvalue weighted by molar-refractivity contribution is -0.128. The molecule has 4 rings (SSSR count). The number of fused-ring (bicyclic) bond motifs is 1. The highest BCUT2D eigenvalue weighted by Gasteiger charge is 2.27. The normalized spacial score (nSPS) is 19.9. The average Bonchev–Trinajstić information content (AvgIpc) is 2.77. The number of ether oxygens (including phenoxy) is 2.